The second-order valence-electron chi connectivity index (χ2n) is 3.86. The molecule has 1 aromatic carbocycles. The van der Waals surface area contributed by atoms with E-state index in [-0.39, 0.29) is 5.91 Å². The fraction of sp³-hybridized carbons (Fsp3) is 0.0714. The van der Waals surface area contributed by atoms with Crippen molar-refractivity contribution in [2.45, 2.75) is 6.54 Å². The van der Waals surface area contributed by atoms with Crippen molar-refractivity contribution in [1.82, 2.24) is 10.3 Å². The molecular formula is C14H10BrN3O. The van der Waals surface area contributed by atoms with E-state index in [2.05, 4.69) is 32.3 Å². The fourth-order valence-corrected chi connectivity index (χ4v) is 1.78. The maximum Gasteiger partial charge on any atom is 0.253 e. The third-order valence-corrected chi connectivity index (χ3v) is 2.97. The molecule has 1 heterocycles. The molecule has 0 aliphatic carbocycles. The molecule has 0 radical (unpaired) electrons. The molecule has 0 aliphatic rings. The van der Waals surface area contributed by atoms with Crippen molar-refractivity contribution in [1.29, 1.82) is 5.26 Å². The van der Waals surface area contributed by atoms with Gasteiger partial charge < -0.3 is 5.32 Å². The van der Waals surface area contributed by atoms with Crippen LogP contribution in [0.15, 0.2) is 47.2 Å². The zero-order chi connectivity index (χ0) is 13.7. The molecule has 5 heteroatoms. The predicted molar refractivity (Wildman–Crippen MR) is 74.3 cm³/mol. The van der Waals surface area contributed by atoms with Crippen LogP contribution in [0, 0.1) is 11.3 Å². The van der Waals surface area contributed by atoms with Gasteiger partial charge in [0.25, 0.3) is 5.91 Å². The molecule has 0 unspecified atom stereocenters. The highest BCUT2D eigenvalue weighted by molar-refractivity contribution is 9.10. The summed E-state index contributed by atoms with van der Waals surface area (Å²) in [5.41, 5.74) is 1.97. The van der Waals surface area contributed by atoms with Crippen molar-refractivity contribution in [3.05, 3.63) is 63.9 Å². The van der Waals surface area contributed by atoms with Gasteiger partial charge in [0.1, 0.15) is 4.60 Å². The number of nitriles is 1. The Labute approximate surface area is 119 Å². The highest BCUT2D eigenvalue weighted by Gasteiger charge is 2.05. The zero-order valence-electron chi connectivity index (χ0n) is 9.93. The van der Waals surface area contributed by atoms with Crippen LogP contribution < -0.4 is 5.32 Å². The smallest absolute Gasteiger partial charge is 0.253 e. The molecule has 1 N–H and O–H groups in total. The number of benzene rings is 1. The van der Waals surface area contributed by atoms with Crippen LogP contribution in [0.3, 0.4) is 0 Å². The molecule has 1 amide bonds. The summed E-state index contributed by atoms with van der Waals surface area (Å²) in [7, 11) is 0. The summed E-state index contributed by atoms with van der Waals surface area (Å²) in [6, 6.07) is 12.6. The summed E-state index contributed by atoms with van der Waals surface area (Å²) in [6.07, 6.45) is 1.51. The lowest BCUT2D eigenvalue weighted by Crippen LogP contribution is -2.22. The largest absolute Gasteiger partial charge is 0.348 e. The molecule has 0 fully saturated rings. The van der Waals surface area contributed by atoms with Gasteiger partial charge in [0.2, 0.25) is 0 Å². The summed E-state index contributed by atoms with van der Waals surface area (Å²) >= 11 is 3.21. The molecule has 19 heavy (non-hydrogen) atoms. The number of amides is 1. The summed E-state index contributed by atoms with van der Waals surface area (Å²) < 4.78 is 0.686. The number of halogens is 1. The molecule has 0 saturated carbocycles. The van der Waals surface area contributed by atoms with Gasteiger partial charge in [-0.2, -0.15) is 5.26 Å². The van der Waals surface area contributed by atoms with Gasteiger partial charge in [0.15, 0.2) is 0 Å². The maximum absolute atomic E-state index is 11.9. The topological polar surface area (TPSA) is 65.8 Å². The van der Waals surface area contributed by atoms with E-state index in [4.69, 9.17) is 5.26 Å². The standard InChI is InChI=1S/C14H10BrN3O/c15-13-5-4-12(9-17-13)14(19)18-8-11-3-1-2-10(6-11)7-16/h1-6,9H,8H2,(H,18,19). The van der Waals surface area contributed by atoms with Gasteiger partial charge in [-0.25, -0.2) is 4.98 Å². The fourth-order valence-electron chi connectivity index (χ4n) is 1.55. The Morgan fingerprint density at radius 3 is 2.89 bits per heavy atom. The third kappa shape index (κ3) is 3.63. The van der Waals surface area contributed by atoms with E-state index in [1.165, 1.54) is 6.20 Å². The van der Waals surface area contributed by atoms with Crippen molar-refractivity contribution in [2.75, 3.05) is 0 Å². The molecule has 2 rings (SSSR count). The molecule has 2 aromatic rings. The Morgan fingerprint density at radius 2 is 2.21 bits per heavy atom. The van der Waals surface area contributed by atoms with Crippen LogP contribution >= 0.6 is 15.9 Å². The Kier molecular flexibility index (Phi) is 4.26. The minimum Gasteiger partial charge on any atom is -0.348 e. The van der Waals surface area contributed by atoms with Gasteiger partial charge in [-0.05, 0) is 45.8 Å². The first-order valence-corrected chi connectivity index (χ1v) is 6.37. The number of carbonyl (C=O) groups is 1. The van der Waals surface area contributed by atoms with E-state index in [9.17, 15) is 4.79 Å². The highest BCUT2D eigenvalue weighted by Crippen LogP contribution is 2.07. The van der Waals surface area contributed by atoms with E-state index in [0.29, 0.717) is 22.3 Å². The summed E-state index contributed by atoms with van der Waals surface area (Å²) in [4.78, 5) is 15.8. The summed E-state index contributed by atoms with van der Waals surface area (Å²) in [6.45, 7) is 0.379. The second-order valence-corrected chi connectivity index (χ2v) is 4.68. The van der Waals surface area contributed by atoms with E-state index >= 15 is 0 Å². The lowest BCUT2D eigenvalue weighted by Gasteiger charge is -2.05. The molecule has 94 valence electrons. The monoisotopic (exact) mass is 315 g/mol. The number of nitrogens with zero attached hydrogens (tertiary/aromatic N) is 2. The Hall–Kier alpha value is -2.19. The normalized spacial score (nSPS) is 9.68. The van der Waals surface area contributed by atoms with E-state index in [1.54, 1.807) is 30.3 Å². The predicted octanol–water partition coefficient (Wildman–Crippen LogP) is 2.65. The van der Waals surface area contributed by atoms with Gasteiger partial charge in [-0.3, -0.25) is 4.79 Å². The van der Waals surface area contributed by atoms with Gasteiger partial charge in [-0.15, -0.1) is 0 Å². The molecule has 4 nitrogen and oxygen atoms in total. The Morgan fingerprint density at radius 1 is 1.37 bits per heavy atom. The number of hydrogen-bond donors (Lipinski definition) is 1. The minimum atomic E-state index is -0.192. The van der Waals surface area contributed by atoms with Crippen LogP contribution in [0.4, 0.5) is 0 Å². The first-order chi connectivity index (χ1) is 9.19. The summed E-state index contributed by atoms with van der Waals surface area (Å²) in [5.74, 6) is -0.192. The van der Waals surface area contributed by atoms with Gasteiger partial charge in [0.05, 0.1) is 17.2 Å². The number of pyridine rings is 1. The van der Waals surface area contributed by atoms with Crippen molar-refractivity contribution in [3.63, 3.8) is 0 Å². The SMILES string of the molecule is N#Cc1cccc(CNC(=O)c2ccc(Br)nc2)c1. The number of nitrogens with one attached hydrogen (secondary N) is 1. The average Bonchev–Trinajstić information content (AvgIpc) is 2.46. The van der Waals surface area contributed by atoms with Crippen molar-refractivity contribution in [2.24, 2.45) is 0 Å². The first-order valence-electron chi connectivity index (χ1n) is 5.58. The molecule has 0 spiro atoms. The lowest BCUT2D eigenvalue weighted by atomic mass is 10.1. The number of rotatable bonds is 3. The number of carbonyl (C=O) groups excluding carboxylic acids is 1. The molecule has 0 saturated heterocycles. The molecule has 0 atom stereocenters. The Bertz CT molecular complexity index is 632. The number of hydrogen-bond acceptors (Lipinski definition) is 3. The van der Waals surface area contributed by atoms with Crippen LogP contribution in [-0.2, 0) is 6.54 Å². The average molecular weight is 316 g/mol. The van der Waals surface area contributed by atoms with Gasteiger partial charge >= 0.3 is 0 Å². The number of aromatic nitrogens is 1. The van der Waals surface area contributed by atoms with Crippen molar-refractivity contribution >= 4 is 21.8 Å². The quantitative estimate of drug-likeness (QED) is 0.885. The minimum absolute atomic E-state index is 0.192. The van der Waals surface area contributed by atoms with Crippen LogP contribution in [0.5, 0.6) is 0 Å². The molecule has 0 aliphatic heterocycles. The zero-order valence-corrected chi connectivity index (χ0v) is 11.5. The van der Waals surface area contributed by atoms with Crippen LogP contribution in [0.2, 0.25) is 0 Å². The first kappa shape index (κ1) is 13.2. The molecular weight excluding hydrogens is 306 g/mol. The van der Waals surface area contributed by atoms with Gasteiger partial charge in [0, 0.05) is 12.7 Å². The van der Waals surface area contributed by atoms with Crippen LogP contribution in [0.1, 0.15) is 21.5 Å². The van der Waals surface area contributed by atoms with Crippen LogP contribution in [-0.4, -0.2) is 10.9 Å². The van der Waals surface area contributed by atoms with Gasteiger partial charge in [-0.1, -0.05) is 12.1 Å². The third-order valence-electron chi connectivity index (χ3n) is 2.50. The maximum atomic E-state index is 11.9. The van der Waals surface area contributed by atoms with Crippen molar-refractivity contribution < 1.29 is 4.79 Å². The summed E-state index contributed by atoms with van der Waals surface area (Å²) in [5, 5.41) is 11.6. The highest BCUT2D eigenvalue weighted by atomic mass is 79.9. The van der Waals surface area contributed by atoms with Crippen LogP contribution in [0.25, 0.3) is 0 Å². The van der Waals surface area contributed by atoms with E-state index < -0.39 is 0 Å². The Balaban J connectivity index is 2.00. The second kappa shape index (κ2) is 6.12. The van der Waals surface area contributed by atoms with E-state index in [0.717, 1.165) is 5.56 Å². The lowest BCUT2D eigenvalue weighted by molar-refractivity contribution is 0.0950. The molecule has 1 aromatic heterocycles. The van der Waals surface area contributed by atoms with Crippen molar-refractivity contribution in [3.8, 4) is 6.07 Å². The molecule has 0 bridgehead atoms. The van der Waals surface area contributed by atoms with E-state index in [1.807, 2.05) is 6.07 Å².